The molecule has 1 amide bonds. The van der Waals surface area contributed by atoms with Gasteiger partial charge in [0.2, 0.25) is 5.91 Å². The van der Waals surface area contributed by atoms with E-state index in [2.05, 4.69) is 39.1 Å². The van der Waals surface area contributed by atoms with Crippen LogP contribution in [0.2, 0.25) is 0 Å². The second-order valence-corrected chi connectivity index (χ2v) is 6.36. The van der Waals surface area contributed by atoms with Gasteiger partial charge in [0.15, 0.2) is 0 Å². The second-order valence-electron chi connectivity index (χ2n) is 6.36. The maximum absolute atomic E-state index is 12.2. The molecule has 1 aliphatic rings. The smallest absolute Gasteiger partial charge is 0.220 e. The Morgan fingerprint density at radius 1 is 1.39 bits per heavy atom. The predicted octanol–water partition coefficient (Wildman–Crippen LogP) is 3.21. The summed E-state index contributed by atoms with van der Waals surface area (Å²) in [7, 11) is 0. The van der Waals surface area contributed by atoms with Gasteiger partial charge in [-0.25, -0.2) is 4.98 Å². The van der Waals surface area contributed by atoms with E-state index in [4.69, 9.17) is 0 Å². The molecule has 0 spiro atoms. The number of nitrogens with zero attached hydrogens (tertiary/aromatic N) is 2. The molecule has 0 aliphatic heterocycles. The first-order valence-electron chi connectivity index (χ1n) is 8.56. The van der Waals surface area contributed by atoms with Crippen molar-refractivity contribution in [3.05, 3.63) is 53.6 Å². The second kappa shape index (κ2) is 7.44. The number of carbonyl (C=O) groups excluding carboxylic acids is 1. The minimum Gasteiger partial charge on any atom is -0.356 e. The minimum absolute atomic E-state index is 0.175. The van der Waals surface area contributed by atoms with Crippen molar-refractivity contribution in [3.8, 4) is 0 Å². The lowest BCUT2D eigenvalue weighted by Gasteiger charge is -2.25. The van der Waals surface area contributed by atoms with E-state index in [-0.39, 0.29) is 5.91 Å². The van der Waals surface area contributed by atoms with E-state index in [1.54, 1.807) is 0 Å². The number of aromatic nitrogens is 2. The first kappa shape index (κ1) is 15.8. The Labute approximate surface area is 137 Å². The number of nitrogens with one attached hydrogen (secondary N) is 1. The molecule has 0 unspecified atom stereocenters. The summed E-state index contributed by atoms with van der Waals surface area (Å²) >= 11 is 0. The summed E-state index contributed by atoms with van der Waals surface area (Å²) < 4.78 is 2.11. The Morgan fingerprint density at radius 3 is 3.09 bits per heavy atom. The summed E-state index contributed by atoms with van der Waals surface area (Å²) in [4.78, 5) is 16.4. The van der Waals surface area contributed by atoms with Crippen LogP contribution < -0.4 is 5.32 Å². The molecule has 0 bridgehead atoms. The van der Waals surface area contributed by atoms with Crippen molar-refractivity contribution in [1.82, 2.24) is 14.9 Å². The van der Waals surface area contributed by atoms with E-state index in [1.165, 1.54) is 17.5 Å². The molecule has 3 rings (SSSR count). The summed E-state index contributed by atoms with van der Waals surface area (Å²) in [6.07, 6.45) is 8.81. The zero-order valence-corrected chi connectivity index (χ0v) is 13.8. The van der Waals surface area contributed by atoms with E-state index in [9.17, 15) is 4.79 Å². The number of hydrogen-bond acceptors (Lipinski definition) is 2. The Kier molecular flexibility index (Phi) is 5.11. The normalized spacial score (nSPS) is 16.8. The minimum atomic E-state index is 0.175. The van der Waals surface area contributed by atoms with Gasteiger partial charge in [-0.05, 0) is 49.7 Å². The number of imidazole rings is 1. The zero-order chi connectivity index (χ0) is 16.1. The largest absolute Gasteiger partial charge is 0.356 e. The third-order valence-corrected chi connectivity index (χ3v) is 4.75. The van der Waals surface area contributed by atoms with Crippen molar-refractivity contribution in [3.63, 3.8) is 0 Å². The Balaban J connectivity index is 1.44. The highest BCUT2D eigenvalue weighted by molar-refractivity contribution is 5.77. The molecular formula is C19H25N3O. The van der Waals surface area contributed by atoms with Crippen molar-refractivity contribution in [2.45, 2.75) is 51.5 Å². The monoisotopic (exact) mass is 311 g/mol. The molecule has 0 fully saturated rings. The molecule has 0 radical (unpaired) electrons. The molecule has 23 heavy (non-hydrogen) atoms. The van der Waals surface area contributed by atoms with Crippen molar-refractivity contribution < 1.29 is 4.79 Å². The first-order valence-corrected chi connectivity index (χ1v) is 8.56. The number of aryl methyl sites for hydroxylation is 3. The van der Waals surface area contributed by atoms with Gasteiger partial charge >= 0.3 is 0 Å². The van der Waals surface area contributed by atoms with Crippen molar-refractivity contribution in [2.75, 3.05) is 6.54 Å². The molecule has 0 saturated heterocycles. The van der Waals surface area contributed by atoms with Crippen LogP contribution >= 0.6 is 0 Å². The van der Waals surface area contributed by atoms with Gasteiger partial charge in [-0.15, -0.1) is 0 Å². The Morgan fingerprint density at radius 2 is 2.26 bits per heavy atom. The maximum Gasteiger partial charge on any atom is 0.220 e. The lowest BCUT2D eigenvalue weighted by atomic mass is 9.81. The van der Waals surface area contributed by atoms with Crippen LogP contribution in [0.25, 0.3) is 0 Å². The molecule has 4 nitrogen and oxygen atoms in total. The number of amides is 1. The van der Waals surface area contributed by atoms with Crippen molar-refractivity contribution in [2.24, 2.45) is 0 Å². The van der Waals surface area contributed by atoms with E-state index in [0.29, 0.717) is 12.3 Å². The molecule has 0 saturated carbocycles. The fourth-order valence-electron chi connectivity index (χ4n) is 3.48. The highest BCUT2D eigenvalue weighted by Crippen LogP contribution is 2.33. The summed E-state index contributed by atoms with van der Waals surface area (Å²) in [6, 6.07) is 8.57. The number of rotatable bonds is 6. The summed E-state index contributed by atoms with van der Waals surface area (Å²) in [6.45, 7) is 3.63. The standard InChI is InChI=1S/C19H25N3O/c1-15-20-11-13-22(15)12-5-10-21-19(23)14-17-8-4-7-16-6-2-3-9-18(16)17/h2-3,6,9,11,13,17H,4-5,7-8,10,12,14H2,1H3,(H,21,23)/t17-/m0/s1. The average Bonchev–Trinajstić information content (AvgIpc) is 2.97. The highest BCUT2D eigenvalue weighted by atomic mass is 16.1. The highest BCUT2D eigenvalue weighted by Gasteiger charge is 2.21. The van der Waals surface area contributed by atoms with Gasteiger partial charge < -0.3 is 9.88 Å². The lowest BCUT2D eigenvalue weighted by molar-refractivity contribution is -0.121. The molecule has 1 heterocycles. The van der Waals surface area contributed by atoms with Crippen molar-refractivity contribution >= 4 is 5.91 Å². The van der Waals surface area contributed by atoms with Crippen LogP contribution in [0.15, 0.2) is 36.7 Å². The third-order valence-electron chi connectivity index (χ3n) is 4.75. The van der Waals surface area contributed by atoms with E-state index >= 15 is 0 Å². The fourth-order valence-corrected chi connectivity index (χ4v) is 3.48. The van der Waals surface area contributed by atoms with Gasteiger partial charge in [0.25, 0.3) is 0 Å². The zero-order valence-electron chi connectivity index (χ0n) is 13.8. The van der Waals surface area contributed by atoms with Gasteiger partial charge in [-0.3, -0.25) is 4.79 Å². The fraction of sp³-hybridized carbons (Fsp3) is 0.474. The Bertz CT molecular complexity index is 662. The number of hydrogen-bond donors (Lipinski definition) is 1. The number of fused-ring (bicyclic) bond motifs is 1. The van der Waals surface area contributed by atoms with Crippen LogP contribution in [0.4, 0.5) is 0 Å². The third kappa shape index (κ3) is 4.01. The van der Waals surface area contributed by atoms with E-state index < -0.39 is 0 Å². The molecule has 2 aromatic rings. The summed E-state index contributed by atoms with van der Waals surface area (Å²) in [5, 5.41) is 3.07. The maximum atomic E-state index is 12.2. The number of carbonyl (C=O) groups is 1. The Hall–Kier alpha value is -2.10. The van der Waals surface area contributed by atoms with Gasteiger partial charge in [0, 0.05) is 31.9 Å². The molecule has 122 valence electrons. The van der Waals surface area contributed by atoms with Crippen LogP contribution in [0.1, 0.15) is 48.6 Å². The molecule has 1 atom stereocenters. The van der Waals surface area contributed by atoms with Crippen LogP contribution in [0.5, 0.6) is 0 Å². The molecule has 1 N–H and O–H groups in total. The van der Waals surface area contributed by atoms with E-state index in [1.807, 2.05) is 19.3 Å². The SMILES string of the molecule is Cc1nccn1CCCNC(=O)C[C@@H]1CCCc2ccccc21. The molecule has 1 aliphatic carbocycles. The van der Waals surface area contributed by atoms with Crippen LogP contribution in [0.3, 0.4) is 0 Å². The van der Waals surface area contributed by atoms with Gasteiger partial charge in [0.05, 0.1) is 0 Å². The van der Waals surface area contributed by atoms with E-state index in [0.717, 1.165) is 38.2 Å². The average molecular weight is 311 g/mol. The number of benzene rings is 1. The van der Waals surface area contributed by atoms with Crippen LogP contribution in [-0.2, 0) is 17.8 Å². The van der Waals surface area contributed by atoms with Crippen molar-refractivity contribution in [1.29, 1.82) is 0 Å². The van der Waals surface area contributed by atoms with Crippen LogP contribution in [-0.4, -0.2) is 22.0 Å². The first-order chi connectivity index (χ1) is 11.2. The van der Waals surface area contributed by atoms with Crippen LogP contribution in [0, 0.1) is 6.92 Å². The summed E-state index contributed by atoms with van der Waals surface area (Å²) in [5.74, 6) is 1.58. The summed E-state index contributed by atoms with van der Waals surface area (Å²) in [5.41, 5.74) is 2.80. The predicted molar refractivity (Wildman–Crippen MR) is 91.3 cm³/mol. The van der Waals surface area contributed by atoms with Gasteiger partial charge in [-0.2, -0.15) is 0 Å². The molecule has 1 aromatic carbocycles. The quantitative estimate of drug-likeness (QED) is 0.833. The molecule has 1 aromatic heterocycles. The lowest BCUT2D eigenvalue weighted by Crippen LogP contribution is -2.27. The van der Waals surface area contributed by atoms with Gasteiger partial charge in [0.1, 0.15) is 5.82 Å². The van der Waals surface area contributed by atoms with Gasteiger partial charge in [-0.1, -0.05) is 24.3 Å². The topological polar surface area (TPSA) is 46.9 Å². The molecular weight excluding hydrogens is 286 g/mol. The molecule has 4 heteroatoms.